The lowest BCUT2D eigenvalue weighted by Crippen LogP contribution is -2.11. The number of nitrogens with one attached hydrogen (secondary N) is 1. The van der Waals surface area contributed by atoms with Gasteiger partial charge in [0.2, 0.25) is 0 Å². The Labute approximate surface area is 123 Å². The van der Waals surface area contributed by atoms with E-state index in [0.29, 0.717) is 0 Å². The van der Waals surface area contributed by atoms with E-state index in [1.165, 1.54) is 21.3 Å². The number of nitrogens with zero attached hydrogens (tertiary/aromatic N) is 2. The summed E-state index contributed by atoms with van der Waals surface area (Å²) in [5, 5.41) is 5.80. The molecule has 2 heterocycles. The molecule has 20 heavy (non-hydrogen) atoms. The van der Waals surface area contributed by atoms with E-state index in [9.17, 15) is 0 Å². The first-order chi connectivity index (χ1) is 9.76. The molecule has 3 nitrogen and oxygen atoms in total. The topological polar surface area (TPSA) is 29.9 Å². The highest BCUT2D eigenvalue weighted by Gasteiger charge is 2.05. The van der Waals surface area contributed by atoms with E-state index >= 15 is 0 Å². The first-order valence-electron chi connectivity index (χ1n) is 6.96. The maximum atomic E-state index is 4.33. The van der Waals surface area contributed by atoms with Gasteiger partial charge in [-0.15, -0.1) is 11.3 Å². The van der Waals surface area contributed by atoms with Crippen molar-refractivity contribution in [2.75, 3.05) is 6.54 Å². The molecule has 0 aliphatic carbocycles. The van der Waals surface area contributed by atoms with Gasteiger partial charge in [0.15, 0.2) is 0 Å². The van der Waals surface area contributed by atoms with Crippen LogP contribution in [0.1, 0.15) is 22.4 Å². The van der Waals surface area contributed by atoms with Gasteiger partial charge in [-0.3, -0.25) is 0 Å². The van der Waals surface area contributed by atoms with Gasteiger partial charge in [-0.25, -0.2) is 4.98 Å². The Morgan fingerprint density at radius 1 is 1.30 bits per heavy atom. The summed E-state index contributed by atoms with van der Waals surface area (Å²) in [4.78, 5) is 5.63. The van der Waals surface area contributed by atoms with E-state index in [4.69, 9.17) is 0 Å². The molecule has 0 spiro atoms. The molecule has 104 valence electrons. The molecule has 3 rings (SSSR count). The van der Waals surface area contributed by atoms with Crippen molar-refractivity contribution in [1.29, 1.82) is 0 Å². The molecule has 0 unspecified atom stereocenters. The van der Waals surface area contributed by atoms with Crippen molar-refractivity contribution in [3.8, 4) is 0 Å². The summed E-state index contributed by atoms with van der Waals surface area (Å²) in [5.74, 6) is 0. The molecule has 0 fully saturated rings. The van der Waals surface area contributed by atoms with Gasteiger partial charge in [0.1, 0.15) is 0 Å². The summed E-state index contributed by atoms with van der Waals surface area (Å²) in [7, 11) is 0. The number of aryl methyl sites for hydroxylation is 1. The fourth-order valence-electron chi connectivity index (χ4n) is 2.39. The fraction of sp³-hybridized carbons (Fsp3) is 0.312. The van der Waals surface area contributed by atoms with Crippen LogP contribution in [0.5, 0.6) is 0 Å². The third-order valence-corrected chi connectivity index (χ3v) is 4.31. The molecule has 0 saturated carbocycles. The van der Waals surface area contributed by atoms with Crippen molar-refractivity contribution in [2.45, 2.75) is 26.9 Å². The van der Waals surface area contributed by atoms with Crippen LogP contribution in [-0.2, 0) is 13.1 Å². The number of benzene rings is 1. The summed E-state index contributed by atoms with van der Waals surface area (Å²) in [6, 6.07) is 8.87. The van der Waals surface area contributed by atoms with Gasteiger partial charge < -0.3 is 9.88 Å². The van der Waals surface area contributed by atoms with Crippen LogP contribution in [0.2, 0.25) is 0 Å². The smallest absolute Gasteiger partial charge is 0.0897 e. The number of aromatic nitrogens is 2. The largest absolute Gasteiger partial charge is 0.342 e. The number of rotatable bonds is 5. The summed E-state index contributed by atoms with van der Waals surface area (Å²) < 4.78 is 2.30. The molecule has 3 aromatic rings. The lowest BCUT2D eigenvalue weighted by molar-refractivity contribution is 0.727. The molecule has 0 atom stereocenters. The molecule has 2 aromatic heterocycles. The van der Waals surface area contributed by atoms with E-state index in [0.717, 1.165) is 24.6 Å². The van der Waals surface area contributed by atoms with E-state index in [1.54, 1.807) is 11.3 Å². The van der Waals surface area contributed by atoms with Gasteiger partial charge in [-0.2, -0.15) is 0 Å². The average molecular weight is 285 g/mol. The summed E-state index contributed by atoms with van der Waals surface area (Å²) >= 11 is 1.77. The average Bonchev–Trinajstić information content (AvgIpc) is 3.04. The van der Waals surface area contributed by atoms with Crippen molar-refractivity contribution in [1.82, 2.24) is 14.9 Å². The standard InChI is InChI=1S/C16H19N3S/c1-3-17-9-13-4-5-14-6-7-19(16(14)8-13)11-15-10-18-12(2)20-15/h4-8,10,17H,3,9,11H2,1-2H3. The molecule has 0 radical (unpaired) electrons. The second-order valence-electron chi connectivity index (χ2n) is 4.96. The molecule has 0 amide bonds. The molecule has 0 saturated heterocycles. The minimum Gasteiger partial charge on any atom is -0.342 e. The van der Waals surface area contributed by atoms with Gasteiger partial charge in [0.05, 0.1) is 11.6 Å². The highest BCUT2D eigenvalue weighted by Crippen LogP contribution is 2.21. The number of fused-ring (bicyclic) bond motifs is 1. The molecule has 1 N–H and O–H groups in total. The molecule has 4 heteroatoms. The maximum Gasteiger partial charge on any atom is 0.0897 e. The Balaban J connectivity index is 1.90. The second kappa shape index (κ2) is 5.77. The fourth-order valence-corrected chi connectivity index (χ4v) is 3.19. The highest BCUT2D eigenvalue weighted by molar-refractivity contribution is 7.11. The SMILES string of the molecule is CCNCc1ccc2ccn(Cc3cnc(C)s3)c2c1. The molecule has 1 aromatic carbocycles. The van der Waals surface area contributed by atoms with Crippen molar-refractivity contribution >= 4 is 22.2 Å². The van der Waals surface area contributed by atoms with E-state index < -0.39 is 0 Å². The van der Waals surface area contributed by atoms with E-state index in [1.807, 2.05) is 6.20 Å². The molecule has 0 aliphatic heterocycles. The Morgan fingerprint density at radius 2 is 2.20 bits per heavy atom. The Kier molecular flexibility index (Phi) is 3.85. The van der Waals surface area contributed by atoms with Crippen LogP contribution in [0.15, 0.2) is 36.7 Å². The van der Waals surface area contributed by atoms with Crippen LogP contribution in [0, 0.1) is 6.92 Å². The Morgan fingerprint density at radius 3 is 2.95 bits per heavy atom. The molecular weight excluding hydrogens is 266 g/mol. The second-order valence-corrected chi connectivity index (χ2v) is 6.28. The number of hydrogen-bond donors (Lipinski definition) is 1. The van der Waals surface area contributed by atoms with E-state index in [2.05, 4.69) is 59.2 Å². The van der Waals surface area contributed by atoms with Gasteiger partial charge in [0.25, 0.3) is 0 Å². The zero-order valence-corrected chi connectivity index (χ0v) is 12.7. The third kappa shape index (κ3) is 2.76. The van der Waals surface area contributed by atoms with Crippen LogP contribution in [0.3, 0.4) is 0 Å². The summed E-state index contributed by atoms with van der Waals surface area (Å²) in [6.07, 6.45) is 4.14. The minimum absolute atomic E-state index is 0.902. The number of hydrogen-bond acceptors (Lipinski definition) is 3. The zero-order valence-electron chi connectivity index (χ0n) is 11.9. The summed E-state index contributed by atoms with van der Waals surface area (Å²) in [6.45, 7) is 7.01. The van der Waals surface area contributed by atoms with Crippen LogP contribution in [0.4, 0.5) is 0 Å². The van der Waals surface area contributed by atoms with Gasteiger partial charge >= 0.3 is 0 Å². The molecule has 0 aliphatic rings. The van der Waals surface area contributed by atoms with Crippen LogP contribution in [0.25, 0.3) is 10.9 Å². The van der Waals surface area contributed by atoms with Crippen LogP contribution in [-0.4, -0.2) is 16.1 Å². The molecular formula is C16H19N3S. The first kappa shape index (κ1) is 13.3. The lowest BCUT2D eigenvalue weighted by atomic mass is 10.1. The van der Waals surface area contributed by atoms with Gasteiger partial charge in [0, 0.05) is 29.3 Å². The molecule has 0 bridgehead atoms. The van der Waals surface area contributed by atoms with Gasteiger partial charge in [-0.1, -0.05) is 19.1 Å². The minimum atomic E-state index is 0.902. The monoisotopic (exact) mass is 285 g/mol. The highest BCUT2D eigenvalue weighted by atomic mass is 32.1. The normalized spacial score (nSPS) is 11.3. The van der Waals surface area contributed by atoms with Gasteiger partial charge in [-0.05, 0) is 36.6 Å². The van der Waals surface area contributed by atoms with Crippen LogP contribution < -0.4 is 5.32 Å². The van der Waals surface area contributed by atoms with Crippen molar-refractivity contribution in [2.24, 2.45) is 0 Å². The predicted molar refractivity (Wildman–Crippen MR) is 85.3 cm³/mol. The quantitative estimate of drug-likeness (QED) is 0.776. The van der Waals surface area contributed by atoms with Crippen molar-refractivity contribution in [3.63, 3.8) is 0 Å². The first-order valence-corrected chi connectivity index (χ1v) is 7.77. The lowest BCUT2D eigenvalue weighted by Gasteiger charge is -2.06. The Bertz CT molecular complexity index is 711. The zero-order chi connectivity index (χ0) is 13.9. The van der Waals surface area contributed by atoms with Crippen molar-refractivity contribution in [3.05, 3.63) is 52.1 Å². The number of thiazole rings is 1. The Hall–Kier alpha value is -1.65. The van der Waals surface area contributed by atoms with E-state index in [-0.39, 0.29) is 0 Å². The summed E-state index contributed by atoms with van der Waals surface area (Å²) in [5.41, 5.74) is 2.63. The maximum absolute atomic E-state index is 4.33. The van der Waals surface area contributed by atoms with Crippen LogP contribution >= 0.6 is 11.3 Å². The van der Waals surface area contributed by atoms with Crippen molar-refractivity contribution < 1.29 is 0 Å². The predicted octanol–water partition coefficient (Wildman–Crippen LogP) is 3.56. The third-order valence-electron chi connectivity index (χ3n) is 3.41.